The number of piperidine rings is 1. The summed E-state index contributed by atoms with van der Waals surface area (Å²) in [7, 11) is 1.67. The molecule has 0 aliphatic carbocycles. The lowest BCUT2D eigenvalue weighted by atomic mass is 9.98. The second kappa shape index (κ2) is 9.52. The van der Waals surface area contributed by atoms with Gasteiger partial charge in [0.2, 0.25) is 5.91 Å². The molecule has 3 N–H and O–H groups in total. The first kappa shape index (κ1) is 18.6. The molecule has 24 heavy (non-hydrogen) atoms. The van der Waals surface area contributed by atoms with E-state index in [4.69, 9.17) is 10.5 Å². The van der Waals surface area contributed by atoms with Crippen LogP contribution in [0.15, 0.2) is 18.2 Å². The Hall–Kier alpha value is -1.75. The predicted molar refractivity (Wildman–Crippen MR) is 99.3 cm³/mol. The first-order chi connectivity index (χ1) is 11.6. The van der Waals surface area contributed by atoms with Crippen molar-refractivity contribution in [2.24, 2.45) is 5.92 Å². The van der Waals surface area contributed by atoms with Gasteiger partial charge in [-0.1, -0.05) is 13.0 Å². The van der Waals surface area contributed by atoms with Gasteiger partial charge in [-0.3, -0.25) is 4.79 Å². The quantitative estimate of drug-likeness (QED) is 0.567. The number of anilines is 2. The minimum Gasteiger partial charge on any atom is -0.397 e. The van der Waals surface area contributed by atoms with Gasteiger partial charge in [0, 0.05) is 39.8 Å². The third kappa shape index (κ3) is 5.71. The molecule has 0 unspecified atom stereocenters. The summed E-state index contributed by atoms with van der Waals surface area (Å²) in [5.41, 5.74) is 9.33. The summed E-state index contributed by atoms with van der Waals surface area (Å²) in [5.74, 6) is 0.892. The molecule has 1 aromatic rings. The van der Waals surface area contributed by atoms with Gasteiger partial charge in [0.25, 0.3) is 0 Å². The molecule has 134 valence electrons. The van der Waals surface area contributed by atoms with Crippen LogP contribution in [0.3, 0.4) is 0 Å². The Kier molecular flexibility index (Phi) is 7.37. The van der Waals surface area contributed by atoms with E-state index in [9.17, 15) is 4.79 Å². The number of hydrogen-bond acceptors (Lipinski definition) is 4. The van der Waals surface area contributed by atoms with Gasteiger partial charge in [0.15, 0.2) is 0 Å². The minimum absolute atomic E-state index is 0.0822. The van der Waals surface area contributed by atoms with Gasteiger partial charge in [0.05, 0.1) is 11.4 Å². The maximum Gasteiger partial charge on any atom is 0.220 e. The van der Waals surface area contributed by atoms with Crippen molar-refractivity contribution in [3.05, 3.63) is 23.8 Å². The summed E-state index contributed by atoms with van der Waals surface area (Å²) in [5, 5.41) is 2.91. The molecule has 0 bridgehead atoms. The van der Waals surface area contributed by atoms with Gasteiger partial charge >= 0.3 is 0 Å². The number of rotatable bonds is 8. The fourth-order valence-electron chi connectivity index (χ4n) is 3.09. The lowest BCUT2D eigenvalue weighted by Crippen LogP contribution is -2.33. The van der Waals surface area contributed by atoms with Crippen LogP contribution >= 0.6 is 0 Å². The number of carbonyl (C=O) groups is 1. The third-order valence-corrected chi connectivity index (χ3v) is 4.70. The van der Waals surface area contributed by atoms with Crippen molar-refractivity contribution >= 4 is 17.3 Å². The molecule has 0 atom stereocenters. The van der Waals surface area contributed by atoms with Crippen molar-refractivity contribution in [2.45, 2.75) is 39.0 Å². The zero-order valence-corrected chi connectivity index (χ0v) is 15.0. The van der Waals surface area contributed by atoms with E-state index < -0.39 is 0 Å². The third-order valence-electron chi connectivity index (χ3n) is 4.70. The Morgan fingerprint density at radius 2 is 2.12 bits per heavy atom. The summed E-state index contributed by atoms with van der Waals surface area (Å²) >= 11 is 0. The van der Waals surface area contributed by atoms with Crippen molar-refractivity contribution in [3.63, 3.8) is 0 Å². The Morgan fingerprint density at radius 1 is 1.38 bits per heavy atom. The van der Waals surface area contributed by atoms with E-state index in [1.807, 2.05) is 6.07 Å². The lowest BCUT2D eigenvalue weighted by molar-refractivity contribution is -0.121. The van der Waals surface area contributed by atoms with Crippen LogP contribution in [0, 0.1) is 5.92 Å². The second-order valence-corrected chi connectivity index (χ2v) is 6.76. The number of methoxy groups -OCH3 is 1. The highest BCUT2D eigenvalue weighted by molar-refractivity contribution is 5.76. The Bertz CT molecular complexity index is 525. The molecule has 2 rings (SSSR count). The smallest absolute Gasteiger partial charge is 0.220 e. The van der Waals surface area contributed by atoms with Crippen molar-refractivity contribution < 1.29 is 9.53 Å². The van der Waals surface area contributed by atoms with Gasteiger partial charge in [-0.25, -0.2) is 0 Å². The molecule has 1 aliphatic rings. The van der Waals surface area contributed by atoms with Gasteiger partial charge in [-0.2, -0.15) is 0 Å². The number of benzene rings is 1. The number of nitrogens with two attached hydrogens (primary N) is 1. The highest BCUT2D eigenvalue weighted by atomic mass is 16.5. The van der Waals surface area contributed by atoms with Crippen LogP contribution in [0.25, 0.3) is 0 Å². The van der Waals surface area contributed by atoms with E-state index in [0.29, 0.717) is 19.6 Å². The highest BCUT2D eigenvalue weighted by Crippen LogP contribution is 2.29. The lowest BCUT2D eigenvalue weighted by Gasteiger charge is -2.33. The number of nitrogen functional groups attached to an aromatic ring is 1. The number of carbonyl (C=O) groups excluding carboxylic acids is 1. The summed E-state index contributed by atoms with van der Waals surface area (Å²) in [6, 6.07) is 6.23. The molecular formula is C19H31N3O2. The molecule has 1 fully saturated rings. The normalized spacial score (nSPS) is 15.5. The van der Waals surface area contributed by atoms with Gasteiger partial charge in [-0.05, 0) is 49.3 Å². The average Bonchev–Trinajstić information content (AvgIpc) is 2.58. The summed E-state index contributed by atoms with van der Waals surface area (Å²) in [6.45, 7) is 5.81. The van der Waals surface area contributed by atoms with Crippen LogP contribution in [-0.4, -0.2) is 39.3 Å². The standard InChI is InChI=1S/C19H31N3O2/c1-15-8-11-22(12-9-15)18-6-4-16(14-17(18)20)5-7-19(23)21-10-3-13-24-2/h4,6,14-15H,3,5,7-13,20H2,1-2H3,(H,21,23). The first-order valence-corrected chi connectivity index (χ1v) is 8.99. The number of aryl methyl sites for hydroxylation is 1. The molecule has 0 radical (unpaired) electrons. The number of nitrogens with zero attached hydrogens (tertiary/aromatic N) is 1. The van der Waals surface area contributed by atoms with E-state index in [1.54, 1.807) is 7.11 Å². The van der Waals surface area contributed by atoms with Crippen LogP contribution in [-0.2, 0) is 16.0 Å². The van der Waals surface area contributed by atoms with E-state index in [-0.39, 0.29) is 5.91 Å². The van der Waals surface area contributed by atoms with Crippen LogP contribution in [0.1, 0.15) is 38.2 Å². The molecule has 5 nitrogen and oxygen atoms in total. The van der Waals surface area contributed by atoms with Crippen molar-refractivity contribution in [1.82, 2.24) is 5.32 Å². The molecule has 1 amide bonds. The average molecular weight is 333 g/mol. The zero-order chi connectivity index (χ0) is 17.4. The SMILES string of the molecule is COCCCNC(=O)CCc1ccc(N2CCC(C)CC2)c(N)c1. The maximum absolute atomic E-state index is 11.8. The number of nitrogens with one attached hydrogen (secondary N) is 1. The van der Waals surface area contributed by atoms with Crippen LogP contribution in [0.4, 0.5) is 11.4 Å². The fraction of sp³-hybridized carbons (Fsp3) is 0.632. The van der Waals surface area contributed by atoms with Crippen LogP contribution in [0.2, 0.25) is 0 Å². The summed E-state index contributed by atoms with van der Waals surface area (Å²) < 4.78 is 4.96. The Morgan fingerprint density at radius 3 is 2.79 bits per heavy atom. The molecule has 1 aromatic carbocycles. The summed E-state index contributed by atoms with van der Waals surface area (Å²) in [6.07, 6.45) is 4.51. The summed E-state index contributed by atoms with van der Waals surface area (Å²) in [4.78, 5) is 14.2. The van der Waals surface area contributed by atoms with Crippen molar-refractivity contribution in [2.75, 3.05) is 44.0 Å². The molecule has 0 aromatic heterocycles. The Balaban J connectivity index is 1.80. The van der Waals surface area contributed by atoms with Gasteiger partial charge < -0.3 is 20.7 Å². The molecular weight excluding hydrogens is 302 g/mol. The van der Waals surface area contributed by atoms with E-state index in [1.165, 1.54) is 12.8 Å². The Labute approximate surface area is 145 Å². The molecule has 0 saturated carbocycles. The van der Waals surface area contributed by atoms with Gasteiger partial charge in [-0.15, -0.1) is 0 Å². The van der Waals surface area contributed by atoms with Crippen LogP contribution < -0.4 is 16.0 Å². The first-order valence-electron chi connectivity index (χ1n) is 8.99. The minimum atomic E-state index is 0.0822. The number of hydrogen-bond donors (Lipinski definition) is 2. The maximum atomic E-state index is 11.8. The van der Waals surface area contributed by atoms with Crippen LogP contribution in [0.5, 0.6) is 0 Å². The van der Waals surface area contributed by atoms with E-state index in [2.05, 4.69) is 29.3 Å². The van der Waals surface area contributed by atoms with Crippen molar-refractivity contribution in [1.29, 1.82) is 0 Å². The molecule has 5 heteroatoms. The van der Waals surface area contributed by atoms with E-state index >= 15 is 0 Å². The van der Waals surface area contributed by atoms with Gasteiger partial charge in [0.1, 0.15) is 0 Å². The fourth-order valence-corrected chi connectivity index (χ4v) is 3.09. The molecule has 0 spiro atoms. The molecule has 1 aliphatic heterocycles. The molecule has 1 saturated heterocycles. The molecule has 1 heterocycles. The highest BCUT2D eigenvalue weighted by Gasteiger charge is 2.17. The predicted octanol–water partition coefficient (Wildman–Crippen LogP) is 2.59. The topological polar surface area (TPSA) is 67.6 Å². The number of amides is 1. The zero-order valence-electron chi connectivity index (χ0n) is 15.0. The second-order valence-electron chi connectivity index (χ2n) is 6.76. The monoisotopic (exact) mass is 333 g/mol. The largest absolute Gasteiger partial charge is 0.397 e. The van der Waals surface area contributed by atoms with E-state index in [0.717, 1.165) is 48.8 Å². The van der Waals surface area contributed by atoms with Crippen molar-refractivity contribution in [3.8, 4) is 0 Å². The number of ether oxygens (including phenoxy) is 1.